The molecule has 0 aliphatic rings. The Kier molecular flexibility index (Phi) is 4.08. The fraction of sp³-hybridized carbons (Fsp3) is 0.133. The fourth-order valence-corrected chi connectivity index (χ4v) is 3.35. The molecule has 0 aliphatic heterocycles. The van der Waals surface area contributed by atoms with Crippen molar-refractivity contribution in [3.63, 3.8) is 0 Å². The molecule has 7 heteroatoms. The quantitative estimate of drug-likeness (QED) is 0.720. The highest BCUT2D eigenvalue weighted by Crippen LogP contribution is 2.32. The number of hydrogen-bond donors (Lipinski definition) is 2. The lowest BCUT2D eigenvalue weighted by Gasteiger charge is -1.98. The first-order valence-corrected chi connectivity index (χ1v) is 8.22. The minimum atomic E-state index is -0.287. The zero-order valence-electron chi connectivity index (χ0n) is 12.0. The Labute approximate surface area is 139 Å². The molecule has 112 valence electrons. The van der Waals surface area contributed by atoms with E-state index in [0.29, 0.717) is 15.3 Å². The topological polar surface area (TPSA) is 70.7 Å². The van der Waals surface area contributed by atoms with Crippen LogP contribution in [0.2, 0.25) is 0 Å². The van der Waals surface area contributed by atoms with Crippen molar-refractivity contribution in [3.05, 3.63) is 51.9 Å². The van der Waals surface area contributed by atoms with Gasteiger partial charge in [0, 0.05) is 5.69 Å². The summed E-state index contributed by atoms with van der Waals surface area (Å²) in [4.78, 5) is 17.7. The van der Waals surface area contributed by atoms with E-state index in [9.17, 15) is 4.79 Å². The average Bonchev–Trinajstić information content (AvgIpc) is 3.03. The number of thiazole rings is 1. The Morgan fingerprint density at radius 3 is 2.64 bits per heavy atom. The number of aromatic nitrogens is 3. The summed E-state index contributed by atoms with van der Waals surface area (Å²) in [6, 6.07) is 9.99. The number of amides is 1. The number of carbonyl (C=O) groups excluding carboxylic acids is 1. The third kappa shape index (κ3) is 2.82. The molecule has 0 bridgehead atoms. The van der Waals surface area contributed by atoms with Gasteiger partial charge in [-0.1, -0.05) is 41.7 Å². The molecular weight excluding hydrogens is 364 g/mol. The maximum Gasteiger partial charge on any atom is 0.279 e. The van der Waals surface area contributed by atoms with Crippen molar-refractivity contribution in [2.45, 2.75) is 13.8 Å². The Morgan fingerprint density at radius 1 is 1.27 bits per heavy atom. The molecular formula is C15H13BrN4OS. The summed E-state index contributed by atoms with van der Waals surface area (Å²) in [5.41, 5.74) is 3.12. The predicted molar refractivity (Wildman–Crippen MR) is 91.3 cm³/mol. The second-order valence-electron chi connectivity index (χ2n) is 4.76. The molecule has 2 aromatic heterocycles. The van der Waals surface area contributed by atoms with Crippen LogP contribution in [0.4, 0.5) is 5.13 Å². The first-order chi connectivity index (χ1) is 10.6. The Bertz CT molecular complexity index is 825. The van der Waals surface area contributed by atoms with Crippen LogP contribution in [0.1, 0.15) is 21.9 Å². The molecule has 0 radical (unpaired) electrons. The minimum Gasteiger partial charge on any atom is -0.296 e. The highest BCUT2D eigenvalue weighted by Gasteiger charge is 2.18. The van der Waals surface area contributed by atoms with E-state index in [1.54, 1.807) is 0 Å². The van der Waals surface area contributed by atoms with E-state index in [2.05, 4.69) is 36.4 Å². The molecule has 1 aromatic carbocycles. The summed E-state index contributed by atoms with van der Waals surface area (Å²) in [5, 5.41) is 10.1. The van der Waals surface area contributed by atoms with Gasteiger partial charge >= 0.3 is 0 Å². The van der Waals surface area contributed by atoms with Crippen LogP contribution in [-0.2, 0) is 0 Å². The van der Waals surface area contributed by atoms with Gasteiger partial charge in [-0.2, -0.15) is 5.10 Å². The Balaban J connectivity index is 1.85. The lowest BCUT2D eigenvalue weighted by Crippen LogP contribution is -2.12. The fourth-order valence-electron chi connectivity index (χ4n) is 2.03. The number of halogens is 1. The van der Waals surface area contributed by atoms with E-state index in [1.807, 2.05) is 44.2 Å². The summed E-state index contributed by atoms with van der Waals surface area (Å²) in [5.74, 6) is -0.287. The Hall–Kier alpha value is -1.99. The molecule has 3 aromatic rings. The van der Waals surface area contributed by atoms with Gasteiger partial charge in [0.15, 0.2) is 10.8 Å². The van der Waals surface area contributed by atoms with Gasteiger partial charge in [-0.25, -0.2) is 4.98 Å². The molecule has 0 atom stereocenters. The largest absolute Gasteiger partial charge is 0.296 e. The van der Waals surface area contributed by atoms with E-state index in [0.717, 1.165) is 21.8 Å². The molecule has 5 nitrogen and oxygen atoms in total. The molecule has 0 unspecified atom stereocenters. The number of H-pyrrole nitrogens is 1. The summed E-state index contributed by atoms with van der Waals surface area (Å²) < 4.78 is 0.668. The number of hydrogen-bond acceptors (Lipinski definition) is 4. The number of benzene rings is 1. The smallest absolute Gasteiger partial charge is 0.279 e. The summed E-state index contributed by atoms with van der Waals surface area (Å²) >= 11 is 4.80. The van der Waals surface area contributed by atoms with Crippen molar-refractivity contribution < 1.29 is 4.79 Å². The molecule has 2 heterocycles. The number of anilines is 1. The van der Waals surface area contributed by atoms with Crippen LogP contribution in [0.15, 0.2) is 34.8 Å². The second kappa shape index (κ2) is 6.02. The van der Waals surface area contributed by atoms with Gasteiger partial charge in [-0.05, 0) is 35.3 Å². The first-order valence-electron chi connectivity index (χ1n) is 6.61. The van der Waals surface area contributed by atoms with E-state index in [1.165, 1.54) is 11.3 Å². The maximum atomic E-state index is 12.2. The van der Waals surface area contributed by atoms with Gasteiger partial charge in [0.2, 0.25) is 0 Å². The van der Waals surface area contributed by atoms with Gasteiger partial charge in [0.1, 0.15) is 0 Å². The number of aryl methyl sites for hydroxylation is 2. The third-order valence-electron chi connectivity index (χ3n) is 3.14. The summed E-state index contributed by atoms with van der Waals surface area (Å²) in [7, 11) is 0. The molecule has 0 spiro atoms. The van der Waals surface area contributed by atoms with Crippen LogP contribution in [0.3, 0.4) is 0 Å². The Morgan fingerprint density at radius 2 is 2.00 bits per heavy atom. The van der Waals surface area contributed by atoms with Crippen molar-refractivity contribution in [2.75, 3.05) is 5.32 Å². The van der Waals surface area contributed by atoms with Crippen LogP contribution in [0.5, 0.6) is 0 Å². The van der Waals surface area contributed by atoms with E-state index >= 15 is 0 Å². The standard InChI is InChI=1S/C15H13BrN4OS/c1-8-11(16)12(20-19-8)14(21)18-15-17-9(2)13(22-15)10-6-4-3-5-7-10/h3-7H,1-2H3,(H,19,20)(H,17,18,21). The molecule has 0 aliphatic carbocycles. The molecule has 3 rings (SSSR count). The van der Waals surface area contributed by atoms with Crippen LogP contribution in [-0.4, -0.2) is 21.1 Å². The van der Waals surface area contributed by atoms with Crippen LogP contribution in [0, 0.1) is 13.8 Å². The zero-order valence-corrected chi connectivity index (χ0v) is 14.4. The summed E-state index contributed by atoms with van der Waals surface area (Å²) in [6.45, 7) is 3.78. The van der Waals surface area contributed by atoms with Crippen molar-refractivity contribution in [1.82, 2.24) is 15.2 Å². The SMILES string of the molecule is Cc1nc(NC(=O)c2n[nH]c(C)c2Br)sc1-c1ccccc1. The van der Waals surface area contributed by atoms with Crippen LogP contribution >= 0.6 is 27.3 Å². The van der Waals surface area contributed by atoms with Gasteiger partial charge in [-0.3, -0.25) is 15.2 Å². The molecule has 0 fully saturated rings. The maximum absolute atomic E-state index is 12.2. The van der Waals surface area contributed by atoms with Crippen LogP contribution in [0.25, 0.3) is 10.4 Å². The van der Waals surface area contributed by atoms with Crippen molar-refractivity contribution in [2.24, 2.45) is 0 Å². The van der Waals surface area contributed by atoms with Crippen molar-refractivity contribution in [1.29, 1.82) is 0 Å². The monoisotopic (exact) mass is 376 g/mol. The molecule has 0 saturated heterocycles. The van der Waals surface area contributed by atoms with Crippen LogP contribution < -0.4 is 5.32 Å². The van der Waals surface area contributed by atoms with Crippen molar-refractivity contribution in [3.8, 4) is 10.4 Å². The van der Waals surface area contributed by atoms with Gasteiger partial charge < -0.3 is 0 Å². The lowest BCUT2D eigenvalue weighted by molar-refractivity contribution is 0.102. The van der Waals surface area contributed by atoms with Gasteiger partial charge in [0.05, 0.1) is 15.0 Å². The third-order valence-corrected chi connectivity index (χ3v) is 5.23. The number of aromatic amines is 1. The molecule has 0 saturated carbocycles. The highest BCUT2D eigenvalue weighted by molar-refractivity contribution is 9.10. The zero-order chi connectivity index (χ0) is 15.7. The van der Waals surface area contributed by atoms with Crippen molar-refractivity contribution >= 4 is 38.3 Å². The molecule has 1 amide bonds. The highest BCUT2D eigenvalue weighted by atomic mass is 79.9. The second-order valence-corrected chi connectivity index (χ2v) is 6.56. The average molecular weight is 377 g/mol. The predicted octanol–water partition coefficient (Wildman–Crippen LogP) is 4.16. The number of carbonyl (C=O) groups is 1. The minimum absolute atomic E-state index is 0.287. The number of rotatable bonds is 3. The number of nitrogens with one attached hydrogen (secondary N) is 2. The lowest BCUT2D eigenvalue weighted by atomic mass is 10.2. The van der Waals surface area contributed by atoms with Gasteiger partial charge in [0.25, 0.3) is 5.91 Å². The normalized spacial score (nSPS) is 10.7. The molecule has 2 N–H and O–H groups in total. The van der Waals surface area contributed by atoms with E-state index in [-0.39, 0.29) is 5.91 Å². The number of nitrogens with zero attached hydrogens (tertiary/aromatic N) is 2. The van der Waals surface area contributed by atoms with E-state index in [4.69, 9.17) is 0 Å². The summed E-state index contributed by atoms with van der Waals surface area (Å²) in [6.07, 6.45) is 0. The van der Waals surface area contributed by atoms with E-state index < -0.39 is 0 Å². The first kappa shape index (κ1) is 14.9. The van der Waals surface area contributed by atoms with Gasteiger partial charge in [-0.15, -0.1) is 0 Å². The molecule has 22 heavy (non-hydrogen) atoms.